The summed E-state index contributed by atoms with van der Waals surface area (Å²) >= 11 is 5.93. The van der Waals surface area contributed by atoms with Gasteiger partial charge in [0.05, 0.1) is 5.69 Å². The molecule has 0 unspecified atom stereocenters. The zero-order valence-electron chi connectivity index (χ0n) is 16.4. The summed E-state index contributed by atoms with van der Waals surface area (Å²) < 4.78 is 9.21. The molecule has 0 saturated carbocycles. The first-order valence-corrected chi connectivity index (χ1v) is 9.57. The van der Waals surface area contributed by atoms with E-state index in [1.54, 1.807) is 54.2 Å². The minimum Gasteiger partial charge on any atom is -0.486 e. The van der Waals surface area contributed by atoms with E-state index in [-0.39, 0.29) is 5.82 Å². The molecule has 2 aromatic carbocycles. The van der Waals surface area contributed by atoms with E-state index in [4.69, 9.17) is 16.3 Å². The zero-order chi connectivity index (χ0) is 21.1. The molecule has 9 heteroatoms. The third-order valence-corrected chi connectivity index (χ3v) is 4.70. The lowest BCUT2D eigenvalue weighted by atomic mass is 10.3. The van der Waals surface area contributed by atoms with Crippen molar-refractivity contribution in [3.8, 4) is 11.4 Å². The maximum Gasteiger partial charge on any atom is 0.295 e. The number of aryl methyl sites for hydroxylation is 2. The van der Waals surface area contributed by atoms with E-state index in [1.165, 1.54) is 0 Å². The quantitative estimate of drug-likeness (QED) is 0.510. The summed E-state index contributed by atoms with van der Waals surface area (Å²) in [6.07, 6.45) is 3.59. The van der Waals surface area contributed by atoms with Crippen LogP contribution >= 0.6 is 11.6 Å². The highest BCUT2D eigenvalue weighted by atomic mass is 35.5. The molecule has 0 aliphatic rings. The number of rotatable bonds is 6. The van der Waals surface area contributed by atoms with Crippen molar-refractivity contribution in [1.82, 2.24) is 24.3 Å². The molecule has 0 aliphatic carbocycles. The van der Waals surface area contributed by atoms with E-state index >= 15 is 0 Å². The van der Waals surface area contributed by atoms with Crippen LogP contribution in [0.2, 0.25) is 5.02 Å². The molecule has 4 rings (SSSR count). The number of benzene rings is 2. The number of halogens is 1. The molecule has 1 N–H and O–H groups in total. The lowest BCUT2D eigenvalue weighted by Gasteiger charge is -2.07. The molecule has 0 spiro atoms. The van der Waals surface area contributed by atoms with Crippen molar-refractivity contribution in [1.29, 1.82) is 0 Å². The smallest absolute Gasteiger partial charge is 0.295 e. The highest BCUT2D eigenvalue weighted by molar-refractivity contribution is 6.30. The molecule has 2 aromatic heterocycles. The Hall–Kier alpha value is -3.65. The van der Waals surface area contributed by atoms with E-state index in [2.05, 4.69) is 20.4 Å². The Morgan fingerprint density at radius 2 is 1.87 bits per heavy atom. The predicted molar refractivity (Wildman–Crippen MR) is 113 cm³/mol. The number of nitrogens with one attached hydrogen (secondary N) is 1. The number of nitrogens with zero attached hydrogens (tertiary/aromatic N) is 5. The van der Waals surface area contributed by atoms with Gasteiger partial charge in [0.25, 0.3) is 5.91 Å². The summed E-state index contributed by atoms with van der Waals surface area (Å²) in [5, 5.41) is 7.73. The molecule has 0 bridgehead atoms. The van der Waals surface area contributed by atoms with E-state index in [1.807, 2.05) is 29.9 Å². The fourth-order valence-corrected chi connectivity index (χ4v) is 2.94. The van der Waals surface area contributed by atoms with Gasteiger partial charge in [-0.2, -0.15) is 0 Å². The fraction of sp³-hybridized carbons (Fsp3) is 0.143. The third-order valence-electron chi connectivity index (χ3n) is 4.44. The Morgan fingerprint density at radius 3 is 2.53 bits per heavy atom. The number of aromatic nitrogens is 5. The van der Waals surface area contributed by atoms with Crippen molar-refractivity contribution in [2.24, 2.45) is 7.05 Å². The van der Waals surface area contributed by atoms with Crippen LogP contribution in [-0.2, 0) is 13.7 Å². The first-order chi connectivity index (χ1) is 14.5. The van der Waals surface area contributed by atoms with Gasteiger partial charge >= 0.3 is 0 Å². The van der Waals surface area contributed by atoms with Gasteiger partial charge in [-0.25, -0.2) is 14.6 Å². The summed E-state index contributed by atoms with van der Waals surface area (Å²) in [6, 6.07) is 14.2. The number of anilines is 1. The van der Waals surface area contributed by atoms with Crippen LogP contribution in [-0.4, -0.2) is 30.2 Å². The minimum atomic E-state index is -0.396. The maximum atomic E-state index is 12.6. The molecule has 1 amide bonds. The van der Waals surface area contributed by atoms with Crippen LogP contribution in [0.25, 0.3) is 5.69 Å². The number of carbonyl (C=O) groups excluding carboxylic acids is 1. The van der Waals surface area contributed by atoms with Crippen LogP contribution in [0.5, 0.6) is 5.75 Å². The molecule has 0 saturated heterocycles. The largest absolute Gasteiger partial charge is 0.486 e. The van der Waals surface area contributed by atoms with Crippen molar-refractivity contribution in [3.05, 3.63) is 83.4 Å². The van der Waals surface area contributed by atoms with Gasteiger partial charge in [-0.15, -0.1) is 5.10 Å². The first kappa shape index (κ1) is 19.7. The van der Waals surface area contributed by atoms with Crippen LogP contribution in [0.1, 0.15) is 22.3 Å². The summed E-state index contributed by atoms with van der Waals surface area (Å²) in [6.45, 7) is 2.15. The number of hydrogen-bond donors (Lipinski definition) is 1. The number of ether oxygens (including phenoxy) is 1. The van der Waals surface area contributed by atoms with Gasteiger partial charge in [-0.1, -0.05) is 11.6 Å². The summed E-state index contributed by atoms with van der Waals surface area (Å²) in [4.78, 5) is 21.0. The Morgan fingerprint density at radius 1 is 1.13 bits per heavy atom. The highest BCUT2D eigenvalue weighted by Gasteiger charge is 2.15. The fourth-order valence-electron chi connectivity index (χ4n) is 2.82. The van der Waals surface area contributed by atoms with Crippen molar-refractivity contribution in [2.75, 3.05) is 5.32 Å². The van der Waals surface area contributed by atoms with Gasteiger partial charge in [0.1, 0.15) is 24.0 Å². The Labute approximate surface area is 178 Å². The summed E-state index contributed by atoms with van der Waals surface area (Å²) in [5.41, 5.74) is 1.39. The van der Waals surface area contributed by atoms with Crippen LogP contribution < -0.4 is 10.1 Å². The standard InChI is InChI=1S/C21H19ClN6O2/c1-14-24-20(26-28(14)17-7-3-15(22)4-8-17)21(29)25-16-5-9-18(10-6-16)30-13-19-23-11-12-27(19)2/h3-12H,13H2,1-2H3,(H,25,29). The molecule has 4 aromatic rings. The number of carbonyl (C=O) groups is 1. The number of imidazole rings is 1. The van der Waals surface area contributed by atoms with E-state index in [0.717, 1.165) is 11.5 Å². The van der Waals surface area contributed by atoms with E-state index < -0.39 is 5.91 Å². The van der Waals surface area contributed by atoms with Crippen LogP contribution in [0.15, 0.2) is 60.9 Å². The molecule has 0 aliphatic heterocycles. The number of amides is 1. The third kappa shape index (κ3) is 4.33. The van der Waals surface area contributed by atoms with Gasteiger partial charge in [0.2, 0.25) is 5.82 Å². The molecule has 2 heterocycles. The molecule has 0 fully saturated rings. The van der Waals surface area contributed by atoms with Gasteiger partial charge in [-0.05, 0) is 55.5 Å². The van der Waals surface area contributed by atoms with E-state index in [9.17, 15) is 4.79 Å². The molecule has 8 nitrogen and oxygen atoms in total. The van der Waals surface area contributed by atoms with Crippen molar-refractivity contribution in [3.63, 3.8) is 0 Å². The van der Waals surface area contributed by atoms with Crippen molar-refractivity contribution >= 4 is 23.2 Å². The highest BCUT2D eigenvalue weighted by Crippen LogP contribution is 2.18. The molecular formula is C21H19ClN6O2. The van der Waals surface area contributed by atoms with Gasteiger partial charge in [0.15, 0.2) is 0 Å². The van der Waals surface area contributed by atoms with Gasteiger partial charge in [-0.3, -0.25) is 4.79 Å². The SMILES string of the molecule is Cc1nc(C(=O)Nc2ccc(OCc3nccn3C)cc2)nn1-c1ccc(Cl)cc1. The second-order valence-corrected chi connectivity index (χ2v) is 7.03. The normalized spacial score (nSPS) is 10.8. The Balaban J connectivity index is 1.41. The van der Waals surface area contributed by atoms with Gasteiger partial charge < -0.3 is 14.6 Å². The Kier molecular flexibility index (Phi) is 5.49. The lowest BCUT2D eigenvalue weighted by Crippen LogP contribution is -2.14. The monoisotopic (exact) mass is 422 g/mol. The predicted octanol–water partition coefficient (Wildman–Crippen LogP) is 3.79. The molecule has 152 valence electrons. The van der Waals surface area contributed by atoms with Gasteiger partial charge in [0, 0.05) is 30.2 Å². The Bertz CT molecular complexity index is 1170. The van der Waals surface area contributed by atoms with Crippen molar-refractivity contribution < 1.29 is 9.53 Å². The zero-order valence-corrected chi connectivity index (χ0v) is 17.2. The molecule has 0 radical (unpaired) electrons. The molecule has 30 heavy (non-hydrogen) atoms. The van der Waals surface area contributed by atoms with Crippen LogP contribution in [0.3, 0.4) is 0 Å². The average molecular weight is 423 g/mol. The lowest BCUT2D eigenvalue weighted by molar-refractivity contribution is 0.101. The van der Waals surface area contributed by atoms with Crippen LogP contribution in [0, 0.1) is 6.92 Å². The second kappa shape index (κ2) is 8.38. The first-order valence-electron chi connectivity index (χ1n) is 9.19. The minimum absolute atomic E-state index is 0.0811. The van der Waals surface area contributed by atoms with E-state index in [0.29, 0.717) is 28.9 Å². The van der Waals surface area contributed by atoms with Crippen molar-refractivity contribution in [2.45, 2.75) is 13.5 Å². The average Bonchev–Trinajstić information content (AvgIpc) is 3.33. The number of hydrogen-bond acceptors (Lipinski definition) is 5. The van der Waals surface area contributed by atoms with Crippen LogP contribution in [0.4, 0.5) is 5.69 Å². The summed E-state index contributed by atoms with van der Waals surface area (Å²) in [7, 11) is 1.91. The molecular weight excluding hydrogens is 404 g/mol. The topological polar surface area (TPSA) is 86.9 Å². The maximum absolute atomic E-state index is 12.6. The summed E-state index contributed by atoms with van der Waals surface area (Å²) in [5.74, 6) is 1.78. The second-order valence-electron chi connectivity index (χ2n) is 6.59. The molecule has 0 atom stereocenters.